The SMILES string of the molecule is I.NC(=NCCN1CCc2ccccc2C1=O)NC1CCCC1. The molecule has 2 aliphatic rings. The van der Waals surface area contributed by atoms with Crippen molar-refractivity contribution in [3.05, 3.63) is 35.4 Å². The molecular formula is C17H25IN4O. The zero-order chi connectivity index (χ0) is 15.4. The minimum absolute atomic E-state index is 0. The normalized spacial score (nSPS) is 18.5. The number of fused-ring (bicyclic) bond motifs is 1. The quantitative estimate of drug-likeness (QED) is 0.439. The van der Waals surface area contributed by atoms with Crippen LogP contribution in [0.4, 0.5) is 0 Å². The van der Waals surface area contributed by atoms with E-state index in [1.165, 1.54) is 25.7 Å². The van der Waals surface area contributed by atoms with Crippen molar-refractivity contribution in [2.45, 2.75) is 38.1 Å². The highest BCUT2D eigenvalue weighted by molar-refractivity contribution is 14.0. The molecule has 0 aromatic heterocycles. The number of amides is 1. The molecule has 1 saturated carbocycles. The maximum Gasteiger partial charge on any atom is 0.254 e. The van der Waals surface area contributed by atoms with Gasteiger partial charge < -0.3 is 16.0 Å². The number of aliphatic imine (C=N–C) groups is 1. The highest BCUT2D eigenvalue weighted by Gasteiger charge is 2.23. The Morgan fingerprint density at radius 3 is 2.83 bits per heavy atom. The largest absolute Gasteiger partial charge is 0.370 e. The average Bonchev–Trinajstić information content (AvgIpc) is 3.03. The topological polar surface area (TPSA) is 70.7 Å². The number of hydrogen-bond donors (Lipinski definition) is 2. The summed E-state index contributed by atoms with van der Waals surface area (Å²) in [6, 6.07) is 8.32. The number of rotatable bonds is 4. The third-order valence-electron chi connectivity index (χ3n) is 4.55. The maximum absolute atomic E-state index is 12.4. The van der Waals surface area contributed by atoms with Gasteiger partial charge in [-0.1, -0.05) is 31.0 Å². The Kier molecular flexibility index (Phi) is 6.68. The molecule has 5 nitrogen and oxygen atoms in total. The number of halogens is 1. The van der Waals surface area contributed by atoms with Gasteiger partial charge in [-0.25, -0.2) is 0 Å². The van der Waals surface area contributed by atoms with Crippen LogP contribution in [0.25, 0.3) is 0 Å². The number of nitrogens with zero attached hydrogens (tertiary/aromatic N) is 2. The molecule has 1 aliphatic carbocycles. The highest BCUT2D eigenvalue weighted by atomic mass is 127. The second-order valence-corrected chi connectivity index (χ2v) is 6.09. The molecule has 0 atom stereocenters. The second kappa shape index (κ2) is 8.52. The van der Waals surface area contributed by atoms with Gasteiger partial charge in [-0.15, -0.1) is 24.0 Å². The highest BCUT2D eigenvalue weighted by Crippen LogP contribution is 2.18. The van der Waals surface area contributed by atoms with Gasteiger partial charge in [0.1, 0.15) is 0 Å². The Morgan fingerprint density at radius 2 is 2.04 bits per heavy atom. The molecule has 1 aliphatic heterocycles. The van der Waals surface area contributed by atoms with Crippen molar-refractivity contribution in [2.24, 2.45) is 10.7 Å². The minimum Gasteiger partial charge on any atom is -0.370 e. The van der Waals surface area contributed by atoms with Crippen molar-refractivity contribution in [2.75, 3.05) is 19.6 Å². The molecule has 1 aromatic rings. The van der Waals surface area contributed by atoms with Crippen LogP contribution >= 0.6 is 24.0 Å². The molecule has 0 saturated heterocycles. The van der Waals surface area contributed by atoms with E-state index in [1.54, 1.807) is 0 Å². The fourth-order valence-corrected chi connectivity index (χ4v) is 3.30. The lowest BCUT2D eigenvalue weighted by Gasteiger charge is -2.28. The standard InChI is InChI=1S/C17H24N4O.HI/c18-17(20-14-6-2-3-7-14)19-10-12-21-11-9-13-5-1-4-8-15(13)16(21)22;/h1,4-5,8,14H,2-3,6-7,9-12H2,(H3,18,19,20);1H. The summed E-state index contributed by atoms with van der Waals surface area (Å²) in [6.45, 7) is 1.95. The van der Waals surface area contributed by atoms with E-state index in [1.807, 2.05) is 29.2 Å². The molecule has 0 bridgehead atoms. The van der Waals surface area contributed by atoms with Gasteiger partial charge in [-0.3, -0.25) is 9.79 Å². The predicted molar refractivity (Wildman–Crippen MR) is 103 cm³/mol. The number of nitrogens with one attached hydrogen (secondary N) is 1. The number of nitrogens with two attached hydrogens (primary N) is 1. The van der Waals surface area contributed by atoms with Crippen LogP contribution in [-0.4, -0.2) is 42.4 Å². The van der Waals surface area contributed by atoms with Crippen LogP contribution in [0, 0.1) is 0 Å². The van der Waals surface area contributed by atoms with Crippen molar-refractivity contribution in [3.8, 4) is 0 Å². The van der Waals surface area contributed by atoms with E-state index in [2.05, 4.69) is 10.3 Å². The lowest BCUT2D eigenvalue weighted by atomic mass is 9.99. The van der Waals surface area contributed by atoms with Gasteiger partial charge in [-0.2, -0.15) is 0 Å². The summed E-state index contributed by atoms with van der Waals surface area (Å²) in [5.74, 6) is 0.621. The van der Waals surface area contributed by atoms with E-state index in [0.717, 1.165) is 24.1 Å². The van der Waals surface area contributed by atoms with E-state index in [0.29, 0.717) is 25.1 Å². The van der Waals surface area contributed by atoms with Crippen molar-refractivity contribution in [1.29, 1.82) is 0 Å². The predicted octanol–water partition coefficient (Wildman–Crippen LogP) is 2.15. The summed E-state index contributed by atoms with van der Waals surface area (Å²) in [6.07, 6.45) is 5.82. The zero-order valence-electron chi connectivity index (χ0n) is 13.3. The van der Waals surface area contributed by atoms with Crippen LogP contribution in [0.1, 0.15) is 41.6 Å². The second-order valence-electron chi connectivity index (χ2n) is 6.09. The zero-order valence-corrected chi connectivity index (χ0v) is 15.7. The molecule has 1 aromatic carbocycles. The smallest absolute Gasteiger partial charge is 0.254 e. The van der Waals surface area contributed by atoms with Gasteiger partial charge in [0.15, 0.2) is 5.96 Å². The van der Waals surface area contributed by atoms with E-state index >= 15 is 0 Å². The first-order valence-corrected chi connectivity index (χ1v) is 8.17. The third-order valence-corrected chi connectivity index (χ3v) is 4.55. The molecule has 0 unspecified atom stereocenters. The van der Waals surface area contributed by atoms with Gasteiger partial charge in [0.05, 0.1) is 6.54 Å². The van der Waals surface area contributed by atoms with Gasteiger partial charge >= 0.3 is 0 Å². The molecule has 23 heavy (non-hydrogen) atoms. The maximum atomic E-state index is 12.4. The Bertz CT molecular complexity index is 569. The van der Waals surface area contributed by atoms with E-state index in [4.69, 9.17) is 5.73 Å². The number of carbonyl (C=O) groups excluding carboxylic acids is 1. The average molecular weight is 428 g/mol. The Hall–Kier alpha value is -1.31. The van der Waals surface area contributed by atoms with Crippen LogP contribution in [0.2, 0.25) is 0 Å². The number of hydrogen-bond acceptors (Lipinski definition) is 2. The van der Waals surface area contributed by atoms with Crippen LogP contribution in [-0.2, 0) is 6.42 Å². The molecule has 0 radical (unpaired) electrons. The minimum atomic E-state index is 0. The first-order valence-electron chi connectivity index (χ1n) is 8.17. The molecule has 126 valence electrons. The van der Waals surface area contributed by atoms with E-state index in [9.17, 15) is 4.79 Å². The summed E-state index contributed by atoms with van der Waals surface area (Å²) < 4.78 is 0. The fourth-order valence-electron chi connectivity index (χ4n) is 3.30. The summed E-state index contributed by atoms with van der Waals surface area (Å²) in [5.41, 5.74) is 7.89. The Morgan fingerprint density at radius 1 is 1.30 bits per heavy atom. The number of guanidine groups is 1. The van der Waals surface area contributed by atoms with Gasteiger partial charge in [-0.05, 0) is 30.9 Å². The lowest BCUT2D eigenvalue weighted by molar-refractivity contribution is 0.0745. The van der Waals surface area contributed by atoms with Crippen molar-refractivity contribution < 1.29 is 4.79 Å². The Labute approximate surface area is 154 Å². The van der Waals surface area contributed by atoms with E-state index in [-0.39, 0.29) is 29.9 Å². The van der Waals surface area contributed by atoms with Crippen molar-refractivity contribution in [3.63, 3.8) is 0 Å². The van der Waals surface area contributed by atoms with Crippen LogP contribution < -0.4 is 11.1 Å². The van der Waals surface area contributed by atoms with Crippen molar-refractivity contribution in [1.82, 2.24) is 10.2 Å². The fraction of sp³-hybridized carbons (Fsp3) is 0.529. The molecule has 6 heteroatoms. The first-order chi connectivity index (χ1) is 10.7. The molecule has 1 heterocycles. The first kappa shape index (κ1) is 18.0. The number of carbonyl (C=O) groups is 1. The van der Waals surface area contributed by atoms with Crippen LogP contribution in [0.5, 0.6) is 0 Å². The van der Waals surface area contributed by atoms with Gasteiger partial charge in [0.2, 0.25) is 0 Å². The third kappa shape index (κ3) is 4.59. The monoisotopic (exact) mass is 428 g/mol. The number of benzene rings is 1. The summed E-state index contributed by atoms with van der Waals surface area (Å²) in [5, 5.41) is 3.27. The molecule has 0 spiro atoms. The lowest BCUT2D eigenvalue weighted by Crippen LogP contribution is -2.41. The summed E-state index contributed by atoms with van der Waals surface area (Å²) >= 11 is 0. The summed E-state index contributed by atoms with van der Waals surface area (Å²) in [7, 11) is 0. The van der Waals surface area contributed by atoms with Gasteiger partial charge in [0, 0.05) is 24.7 Å². The van der Waals surface area contributed by atoms with Gasteiger partial charge in [0.25, 0.3) is 5.91 Å². The van der Waals surface area contributed by atoms with Crippen LogP contribution in [0.3, 0.4) is 0 Å². The van der Waals surface area contributed by atoms with E-state index < -0.39 is 0 Å². The molecule has 3 rings (SSSR count). The molecule has 3 N–H and O–H groups in total. The molecule has 1 amide bonds. The van der Waals surface area contributed by atoms with Crippen LogP contribution in [0.15, 0.2) is 29.3 Å². The molecular weight excluding hydrogens is 403 g/mol. The van der Waals surface area contributed by atoms with Crippen molar-refractivity contribution >= 4 is 35.8 Å². The molecule has 1 fully saturated rings. The summed E-state index contributed by atoms with van der Waals surface area (Å²) in [4.78, 5) is 18.6. The Balaban J connectivity index is 0.00000192.